The van der Waals surface area contributed by atoms with Gasteiger partial charge in [-0.1, -0.05) is 37.9 Å². The Labute approximate surface area is 112 Å². The number of rotatable bonds is 1. The molecule has 1 aromatic rings. The van der Waals surface area contributed by atoms with Crippen molar-refractivity contribution in [2.75, 3.05) is 0 Å². The van der Waals surface area contributed by atoms with Gasteiger partial charge in [0.05, 0.1) is 11.9 Å². The summed E-state index contributed by atoms with van der Waals surface area (Å²) in [6.45, 7) is 1.30. The minimum Gasteiger partial charge on any atom is -0.455 e. The normalized spacial score (nSPS) is 33.8. The van der Waals surface area contributed by atoms with Gasteiger partial charge in [0.15, 0.2) is 6.08 Å². The van der Waals surface area contributed by atoms with Gasteiger partial charge in [-0.15, -0.1) is 0 Å². The maximum Gasteiger partial charge on any atom is 0.303 e. The molecule has 1 aliphatic carbocycles. The van der Waals surface area contributed by atoms with Crippen molar-refractivity contribution < 1.29 is 10.9 Å². The van der Waals surface area contributed by atoms with Crippen LogP contribution >= 0.6 is 31.9 Å². The van der Waals surface area contributed by atoms with Gasteiger partial charge in [0, 0.05) is 17.9 Å². The third kappa shape index (κ3) is 2.30. The predicted octanol–water partition coefficient (Wildman–Crippen LogP) is 3.29. The van der Waals surface area contributed by atoms with Crippen LogP contribution in [0.25, 0.3) is 0 Å². The highest BCUT2D eigenvalue weighted by Gasteiger charge is 2.35. The summed E-state index contributed by atoms with van der Waals surface area (Å²) < 4.78 is 13.5. The highest BCUT2D eigenvalue weighted by molar-refractivity contribution is 9.10. The van der Waals surface area contributed by atoms with Crippen LogP contribution in [0.15, 0.2) is 18.3 Å². The first kappa shape index (κ1) is 10.7. The molecule has 86 valence electrons. The molecule has 1 heterocycles. The summed E-state index contributed by atoms with van der Waals surface area (Å²) in [4.78, 5) is 15.2. The molecule has 2 rings (SSSR count). The molecule has 0 aliphatic heterocycles. The van der Waals surface area contributed by atoms with Gasteiger partial charge < -0.3 is 4.74 Å². The van der Waals surface area contributed by atoms with Crippen LogP contribution < -0.4 is 0 Å². The number of esters is 1. The molecule has 0 amide bonds. The van der Waals surface area contributed by atoms with E-state index in [4.69, 9.17) is 6.11 Å². The van der Waals surface area contributed by atoms with Gasteiger partial charge >= 0.3 is 5.97 Å². The van der Waals surface area contributed by atoms with Crippen molar-refractivity contribution in [2.24, 2.45) is 0 Å². The number of alkyl halides is 2. The number of halogens is 2. The Morgan fingerprint density at radius 1 is 1.69 bits per heavy atom. The minimum atomic E-state index is -1.45. The van der Waals surface area contributed by atoms with Crippen molar-refractivity contribution in [3.05, 3.63) is 29.6 Å². The van der Waals surface area contributed by atoms with E-state index in [9.17, 15) is 4.79 Å². The van der Waals surface area contributed by atoms with E-state index in [2.05, 4.69) is 36.8 Å². The standard InChI is InChI=1S/C11H11Br2NO2/c1-6(15)16-11-9(13)5-8(12)7-3-2-4-14-10(7)11/h2-4,8-9,11H,5H2,1H3/t8?,9-,11+/m1/s1/i11D. The second-order valence-corrected chi connectivity index (χ2v) is 5.78. The van der Waals surface area contributed by atoms with Crippen molar-refractivity contribution in [3.8, 4) is 0 Å². The first-order chi connectivity index (χ1) is 7.95. The van der Waals surface area contributed by atoms with Crippen LogP contribution in [0.2, 0.25) is 0 Å². The molecule has 0 spiro atoms. The minimum absolute atomic E-state index is 0.115. The fourth-order valence-corrected chi connectivity index (χ4v) is 3.64. The summed E-state index contributed by atoms with van der Waals surface area (Å²) in [7, 11) is 0. The van der Waals surface area contributed by atoms with E-state index in [-0.39, 0.29) is 9.65 Å². The van der Waals surface area contributed by atoms with E-state index in [1.165, 1.54) is 6.92 Å². The summed E-state index contributed by atoms with van der Waals surface area (Å²) in [6, 6.07) is 3.71. The molecule has 0 N–H and O–H groups in total. The highest BCUT2D eigenvalue weighted by Crippen LogP contribution is 2.44. The van der Waals surface area contributed by atoms with Gasteiger partial charge in [-0.05, 0) is 18.1 Å². The second kappa shape index (κ2) is 4.84. The predicted molar refractivity (Wildman–Crippen MR) is 67.7 cm³/mol. The Hall–Kier alpha value is -0.420. The molecule has 0 saturated heterocycles. The van der Waals surface area contributed by atoms with E-state index >= 15 is 0 Å². The molecule has 1 unspecified atom stereocenters. The van der Waals surface area contributed by atoms with Gasteiger partial charge in [-0.3, -0.25) is 9.78 Å². The fourth-order valence-electron chi connectivity index (χ4n) is 1.71. The Morgan fingerprint density at radius 2 is 2.44 bits per heavy atom. The van der Waals surface area contributed by atoms with Crippen LogP contribution in [-0.2, 0) is 9.53 Å². The quantitative estimate of drug-likeness (QED) is 0.577. The van der Waals surface area contributed by atoms with Gasteiger partial charge in [0.2, 0.25) is 0 Å². The number of aromatic nitrogens is 1. The van der Waals surface area contributed by atoms with Crippen LogP contribution in [0.5, 0.6) is 0 Å². The molecule has 0 saturated carbocycles. The summed E-state index contributed by atoms with van der Waals surface area (Å²) in [6.07, 6.45) is 0.818. The number of hydrogen-bond donors (Lipinski definition) is 0. The van der Waals surface area contributed by atoms with Crippen LogP contribution in [-0.4, -0.2) is 15.8 Å². The molecule has 3 atom stereocenters. The number of hydrogen-bond acceptors (Lipinski definition) is 3. The Balaban J connectivity index is 2.52. The molecule has 0 bridgehead atoms. The van der Waals surface area contributed by atoms with E-state index < -0.39 is 12.0 Å². The Bertz CT molecular complexity index is 457. The first-order valence-corrected chi connectivity index (χ1v) is 6.71. The van der Waals surface area contributed by atoms with Crippen molar-refractivity contribution in [3.63, 3.8) is 0 Å². The Kier molecular flexibility index (Phi) is 3.24. The molecule has 16 heavy (non-hydrogen) atoms. The summed E-state index contributed by atoms with van der Waals surface area (Å²) in [5.74, 6) is -0.478. The van der Waals surface area contributed by atoms with E-state index in [0.717, 1.165) is 5.56 Å². The lowest BCUT2D eigenvalue weighted by Crippen LogP contribution is -2.26. The number of carbonyl (C=O) groups excluding carboxylic acids is 1. The van der Waals surface area contributed by atoms with Crippen LogP contribution in [0, 0.1) is 0 Å². The van der Waals surface area contributed by atoms with Crippen LogP contribution in [0.4, 0.5) is 0 Å². The largest absolute Gasteiger partial charge is 0.455 e. The molecule has 0 aromatic carbocycles. The molecular formula is C11H11Br2NO2. The van der Waals surface area contributed by atoms with Gasteiger partial charge in [-0.25, -0.2) is 0 Å². The number of fused-ring (bicyclic) bond motifs is 1. The zero-order chi connectivity index (χ0) is 12.6. The van der Waals surface area contributed by atoms with Crippen molar-refractivity contribution >= 4 is 37.8 Å². The van der Waals surface area contributed by atoms with Crippen molar-refractivity contribution in [2.45, 2.75) is 29.1 Å². The summed E-state index contributed by atoms with van der Waals surface area (Å²) in [5.41, 5.74) is 1.39. The fraction of sp³-hybridized carbons (Fsp3) is 0.455. The maximum atomic E-state index is 11.2. The van der Waals surface area contributed by atoms with Gasteiger partial charge in [0.25, 0.3) is 0 Å². The SMILES string of the molecule is [2H][C@@]1(OC(C)=O)c2ncccc2C(Br)C[C@H]1Br. The number of nitrogens with zero attached hydrogens (tertiary/aromatic N) is 1. The number of pyridine rings is 1. The van der Waals surface area contributed by atoms with Crippen LogP contribution in [0.1, 0.15) is 36.9 Å². The molecule has 1 aliphatic rings. The van der Waals surface area contributed by atoms with E-state index in [1.54, 1.807) is 6.20 Å². The zero-order valence-corrected chi connectivity index (χ0v) is 11.8. The summed E-state index contributed by atoms with van der Waals surface area (Å²) in [5, 5.41) is 0. The zero-order valence-electron chi connectivity index (χ0n) is 9.61. The van der Waals surface area contributed by atoms with E-state index in [1.807, 2.05) is 12.1 Å². The lowest BCUT2D eigenvalue weighted by Gasteiger charge is -2.31. The smallest absolute Gasteiger partial charge is 0.303 e. The average molecular weight is 350 g/mol. The third-order valence-corrected chi connectivity index (χ3v) is 4.02. The lowest BCUT2D eigenvalue weighted by atomic mass is 9.93. The molecular weight excluding hydrogens is 338 g/mol. The molecule has 5 heteroatoms. The maximum absolute atomic E-state index is 11.2. The number of ether oxygens (including phenoxy) is 1. The summed E-state index contributed by atoms with van der Waals surface area (Å²) >= 11 is 6.97. The highest BCUT2D eigenvalue weighted by atomic mass is 79.9. The molecule has 0 fully saturated rings. The average Bonchev–Trinajstić information content (AvgIpc) is 2.26. The number of carbonyl (C=O) groups is 1. The second-order valence-electron chi connectivity index (χ2n) is 3.57. The van der Waals surface area contributed by atoms with E-state index in [0.29, 0.717) is 12.1 Å². The molecule has 0 radical (unpaired) electrons. The monoisotopic (exact) mass is 348 g/mol. The Morgan fingerprint density at radius 3 is 3.12 bits per heavy atom. The first-order valence-electron chi connectivity index (χ1n) is 5.38. The van der Waals surface area contributed by atoms with Gasteiger partial charge in [0.1, 0.15) is 0 Å². The third-order valence-electron chi connectivity index (χ3n) is 2.36. The topological polar surface area (TPSA) is 39.2 Å². The van der Waals surface area contributed by atoms with Gasteiger partial charge in [-0.2, -0.15) is 0 Å². The van der Waals surface area contributed by atoms with Crippen molar-refractivity contribution in [1.29, 1.82) is 0 Å². The lowest BCUT2D eigenvalue weighted by molar-refractivity contribution is -0.147. The molecule has 3 nitrogen and oxygen atoms in total. The van der Waals surface area contributed by atoms with Crippen molar-refractivity contribution in [1.82, 2.24) is 4.98 Å². The molecule has 1 aromatic heterocycles. The van der Waals surface area contributed by atoms with Crippen LogP contribution in [0.3, 0.4) is 0 Å².